The van der Waals surface area contributed by atoms with Crippen molar-refractivity contribution in [2.45, 2.75) is 6.54 Å². The van der Waals surface area contributed by atoms with Gasteiger partial charge in [0.15, 0.2) is 5.82 Å². The number of hydrogen-bond donors (Lipinski definition) is 1. The van der Waals surface area contributed by atoms with Crippen LogP contribution in [0.25, 0.3) is 0 Å². The van der Waals surface area contributed by atoms with Crippen LogP contribution < -0.4 is 5.32 Å². The molecular weight excluding hydrogens is 309 g/mol. The van der Waals surface area contributed by atoms with Gasteiger partial charge in [-0.2, -0.15) is 4.98 Å². The predicted molar refractivity (Wildman–Crippen MR) is 64.6 cm³/mol. The molecule has 2 rings (SSSR count). The van der Waals surface area contributed by atoms with E-state index in [0.29, 0.717) is 20.9 Å². The zero-order valence-corrected chi connectivity index (χ0v) is 10.8. The maximum absolute atomic E-state index is 11.8. The number of nitrogens with one attached hydrogen (secondary N) is 1. The first-order chi connectivity index (χ1) is 8.16. The molecule has 0 fully saturated rings. The maximum Gasteiger partial charge on any atom is 0.252 e. The first-order valence-corrected chi connectivity index (χ1v) is 5.82. The predicted octanol–water partition coefficient (Wildman–Crippen LogP) is 2.42. The van der Waals surface area contributed by atoms with Gasteiger partial charge in [-0.05, 0) is 34.1 Å². The van der Waals surface area contributed by atoms with Crippen LogP contribution in [-0.2, 0) is 6.54 Å². The van der Waals surface area contributed by atoms with Crippen molar-refractivity contribution < 1.29 is 9.32 Å². The third-order valence-corrected chi connectivity index (χ3v) is 2.88. The van der Waals surface area contributed by atoms with Gasteiger partial charge in [-0.15, -0.1) is 0 Å². The molecule has 1 aromatic carbocycles. The fourth-order valence-corrected chi connectivity index (χ4v) is 2.06. The van der Waals surface area contributed by atoms with Gasteiger partial charge in [0.25, 0.3) is 5.91 Å². The number of hydrogen-bond acceptors (Lipinski definition) is 4. The van der Waals surface area contributed by atoms with Gasteiger partial charge in [-0.1, -0.05) is 16.8 Å². The van der Waals surface area contributed by atoms with Gasteiger partial charge in [0.1, 0.15) is 0 Å². The minimum absolute atomic E-state index is 0.213. The SMILES string of the molecule is O=C(NCc1ncon1)c1ccc(Cl)cc1Br. The molecule has 0 atom stereocenters. The van der Waals surface area contributed by atoms with E-state index < -0.39 is 0 Å². The first kappa shape index (κ1) is 12.1. The lowest BCUT2D eigenvalue weighted by molar-refractivity contribution is 0.0949. The maximum atomic E-state index is 11.8. The molecule has 0 aliphatic carbocycles. The number of benzene rings is 1. The van der Waals surface area contributed by atoms with Crippen molar-refractivity contribution >= 4 is 33.4 Å². The number of rotatable bonds is 3. The minimum atomic E-state index is -0.238. The highest BCUT2D eigenvalue weighted by molar-refractivity contribution is 9.10. The third kappa shape index (κ3) is 3.04. The summed E-state index contributed by atoms with van der Waals surface area (Å²) in [4.78, 5) is 15.6. The van der Waals surface area contributed by atoms with Crippen LogP contribution in [0.15, 0.2) is 33.6 Å². The highest BCUT2D eigenvalue weighted by atomic mass is 79.9. The second-order valence-corrected chi connectivity index (χ2v) is 4.45. The summed E-state index contributed by atoms with van der Waals surface area (Å²) >= 11 is 9.06. The molecule has 1 heterocycles. The summed E-state index contributed by atoms with van der Waals surface area (Å²) in [6.45, 7) is 0.213. The van der Waals surface area contributed by atoms with Crippen LogP contribution in [0, 0.1) is 0 Å². The monoisotopic (exact) mass is 315 g/mol. The molecular formula is C10H7BrClN3O2. The van der Waals surface area contributed by atoms with Crippen molar-refractivity contribution in [1.82, 2.24) is 15.5 Å². The molecule has 0 spiro atoms. The van der Waals surface area contributed by atoms with Crippen molar-refractivity contribution in [2.75, 3.05) is 0 Å². The molecule has 1 aromatic heterocycles. The van der Waals surface area contributed by atoms with E-state index in [1.807, 2.05) is 0 Å². The highest BCUT2D eigenvalue weighted by Gasteiger charge is 2.10. The van der Waals surface area contributed by atoms with Crippen molar-refractivity contribution in [2.24, 2.45) is 0 Å². The second kappa shape index (κ2) is 5.29. The van der Waals surface area contributed by atoms with Crippen molar-refractivity contribution in [3.8, 4) is 0 Å². The molecule has 5 nitrogen and oxygen atoms in total. The highest BCUT2D eigenvalue weighted by Crippen LogP contribution is 2.21. The summed E-state index contributed by atoms with van der Waals surface area (Å²) in [5, 5.41) is 6.81. The summed E-state index contributed by atoms with van der Waals surface area (Å²) in [5.74, 6) is 0.182. The first-order valence-electron chi connectivity index (χ1n) is 4.65. The quantitative estimate of drug-likeness (QED) is 0.944. The summed E-state index contributed by atoms with van der Waals surface area (Å²) < 4.78 is 5.19. The molecule has 2 aromatic rings. The summed E-state index contributed by atoms with van der Waals surface area (Å²) in [6.07, 6.45) is 1.21. The van der Waals surface area contributed by atoms with Crippen molar-refractivity contribution in [1.29, 1.82) is 0 Å². The number of nitrogens with zero attached hydrogens (tertiary/aromatic N) is 2. The van der Waals surface area contributed by atoms with Crippen molar-refractivity contribution in [3.63, 3.8) is 0 Å². The van der Waals surface area contributed by atoms with Gasteiger partial charge in [0.05, 0.1) is 12.1 Å². The summed E-state index contributed by atoms with van der Waals surface area (Å²) in [6, 6.07) is 4.94. The molecule has 0 aliphatic heterocycles. The Morgan fingerprint density at radius 3 is 3.00 bits per heavy atom. The van der Waals surface area contributed by atoms with Crippen LogP contribution in [0.2, 0.25) is 5.02 Å². The normalized spacial score (nSPS) is 10.2. The van der Waals surface area contributed by atoms with Gasteiger partial charge in [-0.25, -0.2) is 0 Å². The van der Waals surface area contributed by atoms with Crippen LogP contribution in [-0.4, -0.2) is 16.0 Å². The Bertz CT molecular complexity index is 530. The van der Waals surface area contributed by atoms with E-state index >= 15 is 0 Å². The topological polar surface area (TPSA) is 68.0 Å². The van der Waals surface area contributed by atoms with E-state index in [9.17, 15) is 4.79 Å². The van der Waals surface area contributed by atoms with E-state index in [-0.39, 0.29) is 12.5 Å². The van der Waals surface area contributed by atoms with E-state index in [2.05, 4.69) is 35.9 Å². The average molecular weight is 317 g/mol. The van der Waals surface area contributed by atoms with E-state index in [4.69, 9.17) is 11.6 Å². The van der Waals surface area contributed by atoms with E-state index in [0.717, 1.165) is 0 Å². The Balaban J connectivity index is 2.04. The average Bonchev–Trinajstić information content (AvgIpc) is 2.78. The second-order valence-electron chi connectivity index (χ2n) is 3.15. The Labute approximate surface area is 110 Å². The van der Waals surface area contributed by atoms with E-state index in [1.54, 1.807) is 18.2 Å². The Hall–Kier alpha value is -1.40. The smallest absolute Gasteiger partial charge is 0.252 e. The fraction of sp³-hybridized carbons (Fsp3) is 0.100. The van der Waals surface area contributed by atoms with Crippen molar-refractivity contribution in [3.05, 3.63) is 45.5 Å². The van der Waals surface area contributed by atoms with Crippen LogP contribution in [0.4, 0.5) is 0 Å². The van der Waals surface area contributed by atoms with E-state index in [1.165, 1.54) is 6.39 Å². The van der Waals surface area contributed by atoms with Gasteiger partial charge in [0.2, 0.25) is 6.39 Å². The summed E-state index contributed by atoms with van der Waals surface area (Å²) in [5.41, 5.74) is 0.498. The molecule has 88 valence electrons. The lowest BCUT2D eigenvalue weighted by atomic mass is 10.2. The Morgan fingerprint density at radius 2 is 2.35 bits per heavy atom. The fourth-order valence-electron chi connectivity index (χ4n) is 1.20. The Kier molecular flexibility index (Phi) is 3.75. The molecule has 0 saturated carbocycles. The van der Waals surface area contributed by atoms with Crippen LogP contribution in [0.5, 0.6) is 0 Å². The largest absolute Gasteiger partial charge is 0.345 e. The van der Waals surface area contributed by atoms with Gasteiger partial charge >= 0.3 is 0 Å². The number of aromatic nitrogens is 2. The molecule has 1 amide bonds. The zero-order valence-electron chi connectivity index (χ0n) is 8.48. The van der Waals surface area contributed by atoms with Gasteiger partial charge in [0, 0.05) is 9.50 Å². The van der Waals surface area contributed by atoms with Crippen LogP contribution >= 0.6 is 27.5 Å². The van der Waals surface area contributed by atoms with Crippen LogP contribution in [0.1, 0.15) is 16.2 Å². The zero-order chi connectivity index (χ0) is 12.3. The Morgan fingerprint density at radius 1 is 1.53 bits per heavy atom. The van der Waals surface area contributed by atoms with Crippen LogP contribution in [0.3, 0.4) is 0 Å². The minimum Gasteiger partial charge on any atom is -0.345 e. The van der Waals surface area contributed by atoms with Gasteiger partial charge in [-0.3, -0.25) is 4.79 Å². The standard InChI is InChI=1S/C10H7BrClN3O2/c11-8-3-6(12)1-2-7(8)10(16)13-4-9-14-5-17-15-9/h1-3,5H,4H2,(H,13,16). The molecule has 0 radical (unpaired) electrons. The third-order valence-electron chi connectivity index (χ3n) is 1.99. The molecule has 1 N–H and O–H groups in total. The number of carbonyl (C=O) groups excluding carboxylic acids is 1. The molecule has 0 unspecified atom stereocenters. The number of halogens is 2. The van der Waals surface area contributed by atoms with Gasteiger partial charge < -0.3 is 9.84 Å². The number of carbonyl (C=O) groups is 1. The molecule has 0 bridgehead atoms. The summed E-state index contributed by atoms with van der Waals surface area (Å²) in [7, 11) is 0. The lowest BCUT2D eigenvalue weighted by Crippen LogP contribution is -2.23. The molecule has 0 aliphatic rings. The molecule has 17 heavy (non-hydrogen) atoms. The number of amides is 1. The lowest BCUT2D eigenvalue weighted by Gasteiger charge is -2.05. The molecule has 0 saturated heterocycles. The molecule has 7 heteroatoms.